The quantitative estimate of drug-likeness (QED) is 0.596. The summed E-state index contributed by atoms with van der Waals surface area (Å²) in [6.07, 6.45) is 4.25. The first-order chi connectivity index (χ1) is 7.90. The van der Waals surface area contributed by atoms with Crippen molar-refractivity contribution in [2.24, 2.45) is 41.4 Å². The Bertz CT molecular complexity index is 220. The molecule has 0 amide bonds. The minimum absolute atomic E-state index is 0.881. The van der Waals surface area contributed by atoms with Gasteiger partial charge in [-0.3, -0.25) is 0 Å². The molecular weight excluding hydrogens is 204 g/mol. The summed E-state index contributed by atoms with van der Waals surface area (Å²) in [5, 5.41) is 0. The molecule has 0 radical (unpaired) electrons. The first-order valence-electron chi connectivity index (χ1n) is 7.90. The minimum Gasteiger partial charge on any atom is -0.0651 e. The second kappa shape index (κ2) is 6.25. The van der Waals surface area contributed by atoms with E-state index in [0.29, 0.717) is 0 Å². The van der Waals surface area contributed by atoms with Gasteiger partial charge in [0, 0.05) is 0 Å². The maximum Gasteiger partial charge on any atom is -0.0357 e. The first kappa shape index (κ1) is 15.1. The fourth-order valence-corrected chi connectivity index (χ4v) is 3.91. The summed E-state index contributed by atoms with van der Waals surface area (Å²) >= 11 is 0. The Kier molecular flexibility index (Phi) is 5.54. The van der Waals surface area contributed by atoms with Crippen molar-refractivity contribution < 1.29 is 0 Å². The van der Waals surface area contributed by atoms with E-state index in [1.54, 1.807) is 0 Å². The van der Waals surface area contributed by atoms with Gasteiger partial charge in [0.1, 0.15) is 0 Å². The predicted molar refractivity (Wildman–Crippen MR) is 78.0 cm³/mol. The number of hydrogen-bond donors (Lipinski definition) is 0. The molecule has 0 nitrogen and oxygen atoms in total. The lowest BCUT2D eigenvalue weighted by Gasteiger charge is -2.44. The Hall–Kier alpha value is 0. The van der Waals surface area contributed by atoms with E-state index in [-0.39, 0.29) is 0 Å². The van der Waals surface area contributed by atoms with Crippen molar-refractivity contribution in [2.45, 2.75) is 67.7 Å². The van der Waals surface area contributed by atoms with Crippen molar-refractivity contribution >= 4 is 0 Å². The summed E-state index contributed by atoms with van der Waals surface area (Å²) in [4.78, 5) is 0. The van der Waals surface area contributed by atoms with Crippen LogP contribution >= 0.6 is 0 Å². The van der Waals surface area contributed by atoms with E-state index in [1.807, 2.05) is 0 Å². The molecule has 7 atom stereocenters. The van der Waals surface area contributed by atoms with Crippen molar-refractivity contribution in [2.75, 3.05) is 0 Å². The van der Waals surface area contributed by atoms with Crippen molar-refractivity contribution in [3.8, 4) is 0 Å². The summed E-state index contributed by atoms with van der Waals surface area (Å²) in [5.41, 5.74) is 0. The van der Waals surface area contributed by atoms with Crippen molar-refractivity contribution in [1.29, 1.82) is 0 Å². The highest BCUT2D eigenvalue weighted by atomic mass is 14.4. The van der Waals surface area contributed by atoms with E-state index in [2.05, 4.69) is 48.5 Å². The van der Waals surface area contributed by atoms with Gasteiger partial charge in [-0.2, -0.15) is 0 Å². The van der Waals surface area contributed by atoms with Crippen LogP contribution in [0, 0.1) is 41.4 Å². The average molecular weight is 238 g/mol. The first-order valence-corrected chi connectivity index (χ1v) is 7.90. The van der Waals surface area contributed by atoms with E-state index in [4.69, 9.17) is 0 Å². The predicted octanol–water partition coefficient (Wildman–Crippen LogP) is 5.62. The monoisotopic (exact) mass is 238 g/mol. The molecule has 0 aromatic rings. The molecule has 0 aromatic carbocycles. The Morgan fingerprint density at radius 3 is 2.06 bits per heavy atom. The van der Waals surface area contributed by atoms with Crippen molar-refractivity contribution in [1.82, 2.24) is 0 Å². The topological polar surface area (TPSA) is 0 Å². The maximum absolute atomic E-state index is 2.51. The summed E-state index contributed by atoms with van der Waals surface area (Å²) in [6, 6.07) is 0. The fourth-order valence-electron chi connectivity index (χ4n) is 3.91. The molecule has 102 valence electrons. The second-order valence-corrected chi connectivity index (χ2v) is 7.04. The van der Waals surface area contributed by atoms with E-state index in [9.17, 15) is 0 Å². The third kappa shape index (κ3) is 3.26. The van der Waals surface area contributed by atoms with E-state index in [1.165, 1.54) is 19.3 Å². The van der Waals surface area contributed by atoms with Crippen LogP contribution in [-0.2, 0) is 0 Å². The van der Waals surface area contributed by atoms with E-state index in [0.717, 1.165) is 41.4 Å². The van der Waals surface area contributed by atoms with Crippen LogP contribution in [0.4, 0.5) is 0 Å². The zero-order chi connectivity index (χ0) is 13.2. The van der Waals surface area contributed by atoms with Gasteiger partial charge in [0.05, 0.1) is 0 Å². The highest BCUT2D eigenvalue weighted by molar-refractivity contribution is 4.86. The van der Waals surface area contributed by atoms with Gasteiger partial charge in [0.2, 0.25) is 0 Å². The van der Waals surface area contributed by atoms with Gasteiger partial charge in [0.15, 0.2) is 0 Å². The van der Waals surface area contributed by atoms with Gasteiger partial charge >= 0.3 is 0 Å². The molecule has 0 spiro atoms. The smallest absolute Gasteiger partial charge is 0.0357 e. The van der Waals surface area contributed by atoms with Gasteiger partial charge in [-0.25, -0.2) is 0 Å². The Balaban J connectivity index is 2.66. The van der Waals surface area contributed by atoms with Gasteiger partial charge in [-0.05, 0) is 47.8 Å². The van der Waals surface area contributed by atoms with Gasteiger partial charge in [0.25, 0.3) is 0 Å². The highest BCUT2D eigenvalue weighted by Gasteiger charge is 2.36. The van der Waals surface area contributed by atoms with Crippen LogP contribution in [0.1, 0.15) is 67.7 Å². The van der Waals surface area contributed by atoms with Crippen LogP contribution in [0.15, 0.2) is 0 Å². The molecule has 0 saturated heterocycles. The summed E-state index contributed by atoms with van der Waals surface area (Å²) < 4.78 is 0. The Labute approximate surface area is 110 Å². The Morgan fingerprint density at radius 1 is 0.941 bits per heavy atom. The molecule has 17 heavy (non-hydrogen) atoms. The number of rotatable bonds is 4. The zero-order valence-electron chi connectivity index (χ0n) is 13.2. The minimum atomic E-state index is 0.881. The van der Waals surface area contributed by atoms with Gasteiger partial charge in [-0.1, -0.05) is 61.3 Å². The normalized spacial score (nSPS) is 39.7. The lowest BCUT2D eigenvalue weighted by Crippen LogP contribution is -2.36. The van der Waals surface area contributed by atoms with Crippen LogP contribution in [0.25, 0.3) is 0 Å². The number of hydrogen-bond acceptors (Lipinski definition) is 0. The fraction of sp³-hybridized carbons (Fsp3) is 1.00. The van der Waals surface area contributed by atoms with Crippen LogP contribution in [0.5, 0.6) is 0 Å². The summed E-state index contributed by atoms with van der Waals surface area (Å²) in [7, 11) is 0. The molecule has 1 rings (SSSR count). The zero-order valence-corrected chi connectivity index (χ0v) is 13.2. The lowest BCUT2D eigenvalue weighted by molar-refractivity contribution is 0.0547. The third-order valence-corrected chi connectivity index (χ3v) is 6.40. The molecule has 0 bridgehead atoms. The van der Waals surface area contributed by atoms with Crippen LogP contribution in [-0.4, -0.2) is 0 Å². The van der Waals surface area contributed by atoms with Crippen LogP contribution in [0.2, 0.25) is 0 Å². The van der Waals surface area contributed by atoms with Gasteiger partial charge < -0.3 is 0 Å². The Morgan fingerprint density at radius 2 is 1.53 bits per heavy atom. The van der Waals surface area contributed by atoms with Crippen molar-refractivity contribution in [3.63, 3.8) is 0 Å². The largest absolute Gasteiger partial charge is 0.0651 e. The molecular formula is C17H34. The summed E-state index contributed by atoms with van der Waals surface area (Å²) in [6.45, 7) is 17.2. The van der Waals surface area contributed by atoms with Crippen LogP contribution < -0.4 is 0 Å². The molecule has 0 heteroatoms. The molecule has 0 aromatic heterocycles. The van der Waals surface area contributed by atoms with Gasteiger partial charge in [-0.15, -0.1) is 0 Å². The van der Waals surface area contributed by atoms with E-state index >= 15 is 0 Å². The van der Waals surface area contributed by atoms with E-state index < -0.39 is 0 Å². The lowest BCUT2D eigenvalue weighted by atomic mass is 9.62. The molecule has 0 heterocycles. The molecule has 1 aliphatic rings. The standard InChI is InChI=1S/C17H34/c1-8-11(2)13(4)15(6)17-10-9-12(3)14(5)16(17)7/h11-17H,8-10H2,1-7H3. The molecule has 1 saturated carbocycles. The second-order valence-electron chi connectivity index (χ2n) is 7.04. The molecule has 1 aliphatic carbocycles. The maximum atomic E-state index is 2.51. The summed E-state index contributed by atoms with van der Waals surface area (Å²) in [5.74, 6) is 6.40. The highest BCUT2D eigenvalue weighted by Crippen LogP contribution is 2.44. The third-order valence-electron chi connectivity index (χ3n) is 6.40. The average Bonchev–Trinajstić information content (AvgIpc) is 2.33. The molecule has 1 fully saturated rings. The van der Waals surface area contributed by atoms with Crippen LogP contribution in [0.3, 0.4) is 0 Å². The molecule has 0 N–H and O–H groups in total. The SMILES string of the molecule is CCC(C)C(C)C(C)C1CCC(C)C(C)C1C. The molecule has 7 unspecified atom stereocenters. The van der Waals surface area contributed by atoms with Crippen molar-refractivity contribution in [3.05, 3.63) is 0 Å². The molecule has 0 aliphatic heterocycles.